The Morgan fingerprint density at radius 3 is 1.12 bits per heavy atom. The van der Waals surface area contributed by atoms with Crippen LogP contribution in [-0.4, -0.2) is 50.6 Å². The number of hydrogen-bond donors (Lipinski definition) is 1. The molecule has 0 saturated heterocycles. The maximum atomic E-state index is 13.0. The van der Waals surface area contributed by atoms with E-state index in [-0.39, 0.29) is 7.05 Å². The van der Waals surface area contributed by atoms with Crippen LogP contribution < -0.4 is 4.72 Å². The van der Waals surface area contributed by atoms with Crippen molar-refractivity contribution in [2.45, 2.75) is 35.1 Å². The summed E-state index contributed by atoms with van der Waals surface area (Å²) in [4.78, 5) is 0. The lowest BCUT2D eigenvalue weighted by Gasteiger charge is -2.39. The first-order valence-electron chi connectivity index (χ1n) is 4.95. The van der Waals surface area contributed by atoms with Crippen LogP contribution >= 0.6 is 0 Å². The van der Waals surface area contributed by atoms with Gasteiger partial charge >= 0.3 is 35.1 Å². The van der Waals surface area contributed by atoms with Gasteiger partial charge in [0.05, 0.1) is 0 Å². The van der Waals surface area contributed by atoms with Crippen molar-refractivity contribution >= 4 is 10.0 Å². The molecular formula is C7H4F13NO2S. The lowest BCUT2D eigenvalue weighted by Crippen LogP contribution is -2.71. The van der Waals surface area contributed by atoms with Gasteiger partial charge in [-0.1, -0.05) is 0 Å². The van der Waals surface area contributed by atoms with Gasteiger partial charge in [0.1, 0.15) is 0 Å². The van der Waals surface area contributed by atoms with Crippen LogP contribution in [0.1, 0.15) is 0 Å². The summed E-state index contributed by atoms with van der Waals surface area (Å²) in [6.07, 6.45) is -7.55. The van der Waals surface area contributed by atoms with Crippen molar-refractivity contribution in [1.82, 2.24) is 4.72 Å². The second kappa shape index (κ2) is 5.50. The van der Waals surface area contributed by atoms with Gasteiger partial charge in [-0.05, 0) is 7.05 Å². The predicted molar refractivity (Wildman–Crippen MR) is 48.8 cm³/mol. The normalized spacial score (nSPS) is 16.4. The molecule has 0 heterocycles. The number of nitrogens with one attached hydrogen (secondary N) is 1. The number of hydrogen-bond acceptors (Lipinski definition) is 2. The topological polar surface area (TPSA) is 46.2 Å². The summed E-state index contributed by atoms with van der Waals surface area (Å²) < 4.78 is 185. The van der Waals surface area contributed by atoms with Crippen molar-refractivity contribution in [3.63, 3.8) is 0 Å². The molecule has 0 bridgehead atoms. The molecule has 0 radical (unpaired) electrons. The van der Waals surface area contributed by atoms with Crippen molar-refractivity contribution < 1.29 is 65.5 Å². The fourth-order valence-electron chi connectivity index (χ4n) is 1.05. The van der Waals surface area contributed by atoms with Crippen LogP contribution in [0.25, 0.3) is 0 Å². The third-order valence-corrected chi connectivity index (χ3v) is 3.98. The largest absolute Gasteiger partial charge is 0.460 e. The van der Waals surface area contributed by atoms with Crippen LogP contribution in [0.5, 0.6) is 0 Å². The molecule has 0 rings (SSSR count). The highest BCUT2D eigenvalue weighted by Gasteiger charge is 2.92. The third-order valence-electron chi connectivity index (χ3n) is 2.51. The molecule has 1 N–H and O–H groups in total. The van der Waals surface area contributed by atoms with Gasteiger partial charge in [0.2, 0.25) is 0 Å². The van der Waals surface area contributed by atoms with Gasteiger partial charge in [-0.3, -0.25) is 0 Å². The van der Waals surface area contributed by atoms with Gasteiger partial charge in [-0.2, -0.15) is 57.1 Å². The zero-order chi connectivity index (χ0) is 20.2. The van der Waals surface area contributed by atoms with E-state index in [0.29, 0.717) is 4.72 Å². The molecule has 0 aliphatic rings. The van der Waals surface area contributed by atoms with Crippen molar-refractivity contribution in [2.24, 2.45) is 0 Å². The van der Waals surface area contributed by atoms with Gasteiger partial charge in [0.15, 0.2) is 0 Å². The molecule has 0 aromatic rings. The molecule has 0 spiro atoms. The Balaban J connectivity index is 6.52. The molecule has 0 aromatic heterocycles. The van der Waals surface area contributed by atoms with Crippen molar-refractivity contribution in [2.75, 3.05) is 7.05 Å². The first-order valence-corrected chi connectivity index (χ1v) is 6.43. The van der Waals surface area contributed by atoms with Crippen LogP contribution in [0, 0.1) is 0 Å². The fourth-order valence-corrected chi connectivity index (χ4v) is 1.77. The second-order valence-corrected chi connectivity index (χ2v) is 5.95. The molecule has 0 atom stereocenters. The Bertz CT molecular complexity index is 578. The van der Waals surface area contributed by atoms with Gasteiger partial charge in [-0.15, -0.1) is 0 Å². The van der Waals surface area contributed by atoms with Gasteiger partial charge < -0.3 is 0 Å². The lowest BCUT2D eigenvalue weighted by atomic mass is 9.98. The molecule has 0 unspecified atom stereocenters. The van der Waals surface area contributed by atoms with Crippen molar-refractivity contribution in [3.8, 4) is 0 Å². The van der Waals surface area contributed by atoms with E-state index in [4.69, 9.17) is 0 Å². The maximum Gasteiger partial charge on any atom is 0.460 e. The van der Waals surface area contributed by atoms with Crippen molar-refractivity contribution in [3.05, 3.63) is 0 Å². The highest BCUT2D eigenvalue weighted by Crippen LogP contribution is 2.60. The summed E-state index contributed by atoms with van der Waals surface area (Å²) in [6, 6.07) is 0. The molecule has 0 aliphatic carbocycles. The molecule has 0 amide bonds. The molecule has 146 valence electrons. The van der Waals surface area contributed by atoms with Crippen LogP contribution in [0.4, 0.5) is 57.1 Å². The van der Waals surface area contributed by atoms with Gasteiger partial charge in [0, 0.05) is 0 Å². The standard InChI is InChI=1S/C7H4F13NO2S/c1-21-24(22,23)7(19,20)5(14,15)3(10,11)2(8,9)4(12,13)6(16,17)18/h21H,1H3. The molecule has 17 heteroatoms. The minimum atomic E-state index is -8.13. The van der Waals surface area contributed by atoms with E-state index in [1.165, 1.54) is 0 Å². The number of halogens is 13. The number of sulfonamides is 1. The third kappa shape index (κ3) is 2.68. The van der Waals surface area contributed by atoms with E-state index < -0.39 is 45.1 Å². The van der Waals surface area contributed by atoms with E-state index in [1.54, 1.807) is 0 Å². The molecule has 0 fully saturated rings. The number of alkyl halides is 13. The minimum Gasteiger partial charge on any atom is -0.213 e. The molecule has 0 aliphatic heterocycles. The summed E-state index contributed by atoms with van der Waals surface area (Å²) in [5, 5.41) is -7.18. The van der Waals surface area contributed by atoms with Crippen LogP contribution in [-0.2, 0) is 10.0 Å². The molecule has 0 saturated carbocycles. The Morgan fingerprint density at radius 2 is 0.875 bits per heavy atom. The van der Waals surface area contributed by atoms with Crippen molar-refractivity contribution in [1.29, 1.82) is 0 Å². The van der Waals surface area contributed by atoms with E-state index in [1.807, 2.05) is 0 Å². The highest BCUT2D eigenvalue weighted by atomic mass is 32.2. The molecule has 0 aromatic carbocycles. The van der Waals surface area contributed by atoms with E-state index in [9.17, 15) is 65.5 Å². The minimum absolute atomic E-state index is 0.0695. The Labute approximate surface area is 123 Å². The van der Waals surface area contributed by atoms with Gasteiger partial charge in [0.25, 0.3) is 10.0 Å². The first-order chi connectivity index (χ1) is 10.1. The average molecular weight is 413 g/mol. The summed E-state index contributed by atoms with van der Waals surface area (Å²) in [5.41, 5.74) is 0. The summed E-state index contributed by atoms with van der Waals surface area (Å²) in [7, 11) is -6.92. The maximum absolute atomic E-state index is 13.0. The average Bonchev–Trinajstić information content (AvgIpc) is 2.36. The lowest BCUT2D eigenvalue weighted by molar-refractivity contribution is -0.433. The summed E-state index contributed by atoms with van der Waals surface area (Å²) >= 11 is 0. The molecule has 24 heavy (non-hydrogen) atoms. The van der Waals surface area contributed by atoms with E-state index in [2.05, 4.69) is 0 Å². The summed E-state index contributed by atoms with van der Waals surface area (Å²) in [6.45, 7) is 0. The SMILES string of the molecule is CNS(=O)(=O)C(F)(F)C(F)(F)C(F)(F)C(F)(F)C(F)(F)C(F)(F)F. The molecular weight excluding hydrogens is 409 g/mol. The predicted octanol–water partition coefficient (Wildman–Crippen LogP) is 3.23. The second-order valence-electron chi connectivity index (χ2n) is 4.02. The zero-order valence-electron chi connectivity index (χ0n) is 10.6. The van der Waals surface area contributed by atoms with Crippen LogP contribution in [0.3, 0.4) is 0 Å². The Morgan fingerprint density at radius 1 is 0.583 bits per heavy atom. The highest BCUT2D eigenvalue weighted by molar-refractivity contribution is 7.90. The number of rotatable bonds is 6. The Hall–Kier alpha value is -1.00. The molecule has 3 nitrogen and oxygen atoms in total. The summed E-state index contributed by atoms with van der Waals surface area (Å²) in [5.74, 6) is -32.0. The smallest absolute Gasteiger partial charge is 0.213 e. The zero-order valence-corrected chi connectivity index (χ0v) is 11.5. The van der Waals surface area contributed by atoms with Crippen LogP contribution in [0.15, 0.2) is 0 Å². The Kier molecular flexibility index (Phi) is 5.27. The fraction of sp³-hybridized carbons (Fsp3) is 1.00. The van der Waals surface area contributed by atoms with Gasteiger partial charge in [-0.25, -0.2) is 13.1 Å². The monoisotopic (exact) mass is 413 g/mol. The van der Waals surface area contributed by atoms with E-state index in [0.717, 1.165) is 0 Å². The van der Waals surface area contributed by atoms with Crippen LogP contribution in [0.2, 0.25) is 0 Å². The quantitative estimate of drug-likeness (QED) is 0.680. The van der Waals surface area contributed by atoms with E-state index >= 15 is 0 Å². The first kappa shape index (κ1) is 23.0.